The molecule has 0 atom stereocenters. The Bertz CT molecular complexity index is 2530. The highest BCUT2D eigenvalue weighted by atomic mass is 16.5. The monoisotopic (exact) mass is 682 g/mol. The number of carbonyl (C=O) groups excluding carboxylic acids is 2. The molecular formula is C48H42O4. The van der Waals surface area contributed by atoms with Crippen molar-refractivity contribution in [1.82, 2.24) is 0 Å². The molecule has 0 bridgehead atoms. The van der Waals surface area contributed by atoms with E-state index in [9.17, 15) is 9.59 Å². The fraction of sp³-hybridized carbons (Fsp3) is 0.208. The van der Waals surface area contributed by atoms with Crippen LogP contribution in [0.2, 0.25) is 0 Å². The van der Waals surface area contributed by atoms with Gasteiger partial charge in [-0.15, -0.1) is 0 Å². The Morgan fingerprint density at radius 1 is 0.404 bits per heavy atom. The van der Waals surface area contributed by atoms with Gasteiger partial charge in [-0.05, 0) is 134 Å². The van der Waals surface area contributed by atoms with Crippen LogP contribution in [0.3, 0.4) is 0 Å². The van der Waals surface area contributed by atoms with Crippen molar-refractivity contribution >= 4 is 65.8 Å². The number of esters is 2. The summed E-state index contributed by atoms with van der Waals surface area (Å²) in [6.45, 7) is 13.5. The van der Waals surface area contributed by atoms with E-state index in [-0.39, 0.29) is 22.8 Å². The topological polar surface area (TPSA) is 52.6 Å². The predicted molar refractivity (Wildman–Crippen MR) is 216 cm³/mol. The first-order valence-electron chi connectivity index (χ1n) is 17.8. The van der Waals surface area contributed by atoms with Gasteiger partial charge in [-0.3, -0.25) is 0 Å². The van der Waals surface area contributed by atoms with Crippen LogP contribution in [-0.4, -0.2) is 26.2 Å². The molecule has 0 aliphatic heterocycles. The first kappa shape index (κ1) is 33.4. The molecule has 0 radical (unpaired) electrons. The van der Waals surface area contributed by atoms with E-state index in [2.05, 4.69) is 102 Å². The number of carbonyl (C=O) groups is 2. The molecule has 0 saturated heterocycles. The van der Waals surface area contributed by atoms with Crippen LogP contribution >= 0.6 is 0 Å². The number of rotatable bonds is 4. The minimum Gasteiger partial charge on any atom is -0.465 e. The van der Waals surface area contributed by atoms with Crippen LogP contribution in [0.15, 0.2) is 109 Å². The second-order valence-corrected chi connectivity index (χ2v) is 16.0. The highest BCUT2D eigenvalue weighted by Crippen LogP contribution is 2.50. The van der Waals surface area contributed by atoms with Crippen molar-refractivity contribution in [3.05, 3.63) is 131 Å². The number of hydrogen-bond donors (Lipinski definition) is 0. The third-order valence-corrected chi connectivity index (χ3v) is 10.8. The molecule has 0 unspecified atom stereocenters. The van der Waals surface area contributed by atoms with Crippen molar-refractivity contribution in [1.29, 1.82) is 0 Å². The van der Waals surface area contributed by atoms with Crippen molar-refractivity contribution < 1.29 is 19.1 Å². The summed E-state index contributed by atoms with van der Waals surface area (Å²) in [7, 11) is 2.82. The maximum atomic E-state index is 12.4. The molecule has 0 spiro atoms. The normalized spacial score (nSPS) is 12.4. The Morgan fingerprint density at radius 2 is 0.731 bits per heavy atom. The van der Waals surface area contributed by atoms with E-state index in [1.54, 1.807) is 0 Å². The Labute approximate surface area is 304 Å². The molecule has 0 aromatic heterocycles. The van der Waals surface area contributed by atoms with Crippen LogP contribution in [0.1, 0.15) is 73.4 Å². The summed E-state index contributed by atoms with van der Waals surface area (Å²) >= 11 is 0. The van der Waals surface area contributed by atoms with Crippen molar-refractivity contribution in [3.63, 3.8) is 0 Å². The van der Waals surface area contributed by atoms with E-state index in [4.69, 9.17) is 9.47 Å². The molecule has 0 saturated carbocycles. The van der Waals surface area contributed by atoms with Gasteiger partial charge >= 0.3 is 11.9 Å². The van der Waals surface area contributed by atoms with Crippen LogP contribution in [0.4, 0.5) is 0 Å². The van der Waals surface area contributed by atoms with Crippen molar-refractivity contribution in [3.8, 4) is 22.3 Å². The van der Waals surface area contributed by atoms with Gasteiger partial charge in [-0.25, -0.2) is 9.59 Å². The summed E-state index contributed by atoms with van der Waals surface area (Å²) in [5.74, 6) is -0.703. The summed E-state index contributed by atoms with van der Waals surface area (Å²) in [5, 5.41) is 11.9. The molecule has 0 amide bonds. The van der Waals surface area contributed by atoms with Crippen LogP contribution < -0.4 is 0 Å². The molecule has 0 heterocycles. The third-order valence-electron chi connectivity index (χ3n) is 10.8. The fourth-order valence-corrected chi connectivity index (χ4v) is 7.96. The fourth-order valence-electron chi connectivity index (χ4n) is 7.96. The zero-order chi connectivity index (χ0) is 36.7. The number of ether oxygens (including phenoxy) is 2. The lowest BCUT2D eigenvalue weighted by atomic mass is 9.79. The van der Waals surface area contributed by atoms with E-state index >= 15 is 0 Å². The third kappa shape index (κ3) is 5.20. The minimum atomic E-state index is -0.352. The standard InChI is InChI=1S/C48H42O4/c1-47(2,3)31-17-19-33-39(25-31)35-21-22-36-40-26-32(48(4,5)6)18-20-34(40)42(28-11-15-30(16-12-28)46(50)52-8)38-24-23-37(43(35)44(36)38)41(33)27-9-13-29(14-10-27)45(49)51-7/h9-26H,1-8H3. The quantitative estimate of drug-likeness (QED) is 0.105. The molecular weight excluding hydrogens is 641 g/mol. The minimum absolute atomic E-state index is 0.0381. The zero-order valence-electron chi connectivity index (χ0n) is 31.0. The molecule has 258 valence electrons. The molecule has 8 aromatic rings. The van der Waals surface area contributed by atoms with Gasteiger partial charge in [-0.1, -0.05) is 114 Å². The number of methoxy groups -OCH3 is 2. The molecule has 8 rings (SSSR count). The van der Waals surface area contributed by atoms with Crippen LogP contribution in [0, 0.1) is 0 Å². The van der Waals surface area contributed by atoms with E-state index in [1.807, 2.05) is 48.5 Å². The lowest BCUT2D eigenvalue weighted by molar-refractivity contribution is 0.0592. The second-order valence-electron chi connectivity index (χ2n) is 16.0. The van der Waals surface area contributed by atoms with Gasteiger partial charge < -0.3 is 9.47 Å². The zero-order valence-corrected chi connectivity index (χ0v) is 31.0. The molecule has 0 aliphatic carbocycles. The highest BCUT2D eigenvalue weighted by molar-refractivity contribution is 6.38. The van der Waals surface area contributed by atoms with Crippen molar-refractivity contribution in [2.45, 2.75) is 52.4 Å². The Morgan fingerprint density at radius 3 is 1.06 bits per heavy atom. The second kappa shape index (κ2) is 11.9. The van der Waals surface area contributed by atoms with Crippen molar-refractivity contribution in [2.24, 2.45) is 0 Å². The number of fused-ring (bicyclic) bond motifs is 4. The molecule has 4 nitrogen and oxygen atoms in total. The van der Waals surface area contributed by atoms with Gasteiger partial charge in [0.05, 0.1) is 25.3 Å². The van der Waals surface area contributed by atoms with Gasteiger partial charge in [0.25, 0.3) is 0 Å². The Hall–Kier alpha value is -5.74. The molecule has 0 fully saturated rings. The van der Waals surface area contributed by atoms with E-state index in [0.717, 1.165) is 33.0 Å². The molecule has 52 heavy (non-hydrogen) atoms. The Balaban J connectivity index is 1.56. The smallest absolute Gasteiger partial charge is 0.337 e. The first-order chi connectivity index (χ1) is 24.8. The maximum Gasteiger partial charge on any atom is 0.337 e. The maximum absolute atomic E-state index is 12.4. The average molecular weight is 683 g/mol. The van der Waals surface area contributed by atoms with E-state index in [0.29, 0.717) is 11.1 Å². The van der Waals surface area contributed by atoms with Gasteiger partial charge in [0.1, 0.15) is 0 Å². The average Bonchev–Trinajstić information content (AvgIpc) is 3.14. The van der Waals surface area contributed by atoms with Crippen LogP contribution in [0.25, 0.3) is 76.1 Å². The highest BCUT2D eigenvalue weighted by Gasteiger charge is 2.24. The summed E-state index contributed by atoms with van der Waals surface area (Å²) in [5.41, 5.74) is 7.87. The lowest BCUT2D eigenvalue weighted by Crippen LogP contribution is -2.11. The molecule has 0 N–H and O–H groups in total. The summed E-state index contributed by atoms with van der Waals surface area (Å²) in [4.78, 5) is 24.8. The SMILES string of the molecule is COC(=O)c1ccc(-c2c3ccc(C(C)(C)C)cc3c3ccc4c5cc(C(C)(C)C)ccc5c(-c5ccc(C(=O)OC)cc5)c5ccc2c3c54)cc1. The number of hydrogen-bond acceptors (Lipinski definition) is 4. The number of benzene rings is 8. The lowest BCUT2D eigenvalue weighted by Gasteiger charge is -2.25. The molecule has 0 aliphatic rings. The first-order valence-corrected chi connectivity index (χ1v) is 17.8. The van der Waals surface area contributed by atoms with Crippen molar-refractivity contribution in [2.75, 3.05) is 14.2 Å². The van der Waals surface area contributed by atoms with Gasteiger partial charge in [0, 0.05) is 0 Å². The summed E-state index contributed by atoms with van der Waals surface area (Å²) < 4.78 is 10.0. The van der Waals surface area contributed by atoms with Gasteiger partial charge in [-0.2, -0.15) is 0 Å². The van der Waals surface area contributed by atoms with E-state index in [1.165, 1.54) is 68.4 Å². The largest absolute Gasteiger partial charge is 0.465 e. The van der Waals surface area contributed by atoms with Crippen LogP contribution in [-0.2, 0) is 20.3 Å². The van der Waals surface area contributed by atoms with Gasteiger partial charge in [0.2, 0.25) is 0 Å². The van der Waals surface area contributed by atoms with Crippen LogP contribution in [0.5, 0.6) is 0 Å². The summed E-state index contributed by atoms with van der Waals surface area (Å²) in [6, 6.07) is 38.5. The van der Waals surface area contributed by atoms with Gasteiger partial charge in [0.15, 0.2) is 0 Å². The van der Waals surface area contributed by atoms with E-state index < -0.39 is 0 Å². The molecule has 4 heteroatoms. The summed E-state index contributed by atoms with van der Waals surface area (Å²) in [6.07, 6.45) is 0. The predicted octanol–water partition coefficient (Wildman–Crippen LogP) is 12.4. The Kier molecular flexibility index (Phi) is 7.66. The molecule has 8 aromatic carbocycles.